The molecule has 1 aliphatic rings. The van der Waals surface area contributed by atoms with Gasteiger partial charge in [0.2, 0.25) is 11.8 Å². The van der Waals surface area contributed by atoms with E-state index in [1.54, 1.807) is 13.4 Å². The van der Waals surface area contributed by atoms with Crippen LogP contribution < -0.4 is 10.1 Å². The van der Waals surface area contributed by atoms with E-state index >= 15 is 0 Å². The standard InChI is InChI=1S/C22H18N2O4/c1-27-14-4-2-12-8-18(23-19(12)10-14)13-3-5-15-17(11-28-20(15)9-13)16-6-7-21(25)24-22(16)26/h2-5,8-11,16,23H,6-7H2,1H3,(H,24,25,26). The molecule has 1 fully saturated rings. The number of rotatable bonds is 3. The molecule has 6 heteroatoms. The normalized spacial score (nSPS) is 17.2. The van der Waals surface area contributed by atoms with Gasteiger partial charge in [-0.25, -0.2) is 0 Å². The van der Waals surface area contributed by atoms with Gasteiger partial charge in [0.05, 0.1) is 19.3 Å². The van der Waals surface area contributed by atoms with Crippen molar-refractivity contribution in [2.24, 2.45) is 0 Å². The number of imide groups is 1. The van der Waals surface area contributed by atoms with Gasteiger partial charge in [-0.1, -0.05) is 12.1 Å². The van der Waals surface area contributed by atoms with Gasteiger partial charge < -0.3 is 14.1 Å². The van der Waals surface area contributed by atoms with E-state index in [9.17, 15) is 9.59 Å². The summed E-state index contributed by atoms with van der Waals surface area (Å²) in [6.07, 6.45) is 2.48. The third kappa shape index (κ3) is 2.65. The maximum absolute atomic E-state index is 12.2. The van der Waals surface area contributed by atoms with E-state index in [0.717, 1.165) is 38.9 Å². The number of nitrogens with one attached hydrogen (secondary N) is 2. The monoisotopic (exact) mass is 374 g/mol. The molecular weight excluding hydrogens is 356 g/mol. The predicted molar refractivity (Wildman–Crippen MR) is 105 cm³/mol. The van der Waals surface area contributed by atoms with Gasteiger partial charge in [-0.05, 0) is 30.7 Å². The number of ether oxygens (including phenoxy) is 1. The summed E-state index contributed by atoms with van der Waals surface area (Å²) < 4.78 is 11.0. The Bertz CT molecular complexity index is 1230. The largest absolute Gasteiger partial charge is 0.497 e. The molecule has 1 unspecified atom stereocenters. The second kappa shape index (κ2) is 6.27. The molecule has 5 rings (SSSR count). The van der Waals surface area contributed by atoms with E-state index < -0.39 is 0 Å². The zero-order valence-corrected chi connectivity index (χ0v) is 15.2. The lowest BCUT2D eigenvalue weighted by molar-refractivity contribution is -0.134. The number of methoxy groups -OCH3 is 1. The molecule has 2 aromatic heterocycles. The highest BCUT2D eigenvalue weighted by atomic mass is 16.5. The Labute approximate surface area is 160 Å². The molecule has 3 heterocycles. The van der Waals surface area contributed by atoms with Crippen LogP contribution in [0, 0.1) is 0 Å². The van der Waals surface area contributed by atoms with E-state index in [4.69, 9.17) is 9.15 Å². The molecule has 0 saturated carbocycles. The molecule has 2 aromatic carbocycles. The molecule has 0 spiro atoms. The highest BCUT2D eigenvalue weighted by Gasteiger charge is 2.30. The summed E-state index contributed by atoms with van der Waals surface area (Å²) in [7, 11) is 1.65. The fraction of sp³-hybridized carbons (Fsp3) is 0.182. The minimum atomic E-state index is -0.356. The fourth-order valence-electron chi connectivity index (χ4n) is 3.87. The molecule has 0 aliphatic carbocycles. The molecule has 2 amide bonds. The number of aromatic nitrogens is 1. The second-order valence-corrected chi connectivity index (χ2v) is 7.04. The number of benzene rings is 2. The van der Waals surface area contributed by atoms with Crippen molar-refractivity contribution in [1.29, 1.82) is 0 Å². The molecule has 4 aromatic rings. The van der Waals surface area contributed by atoms with Crippen molar-refractivity contribution >= 4 is 33.7 Å². The minimum absolute atomic E-state index is 0.216. The van der Waals surface area contributed by atoms with Crippen LogP contribution in [0.25, 0.3) is 33.1 Å². The van der Waals surface area contributed by atoms with Crippen molar-refractivity contribution in [2.45, 2.75) is 18.8 Å². The summed E-state index contributed by atoms with van der Waals surface area (Å²) in [5.74, 6) is -0.0269. The first kappa shape index (κ1) is 16.6. The van der Waals surface area contributed by atoms with Crippen LogP contribution in [0.3, 0.4) is 0 Å². The molecule has 0 bridgehead atoms. The van der Waals surface area contributed by atoms with Crippen LogP contribution in [0.4, 0.5) is 0 Å². The van der Waals surface area contributed by atoms with Crippen LogP contribution in [0.15, 0.2) is 53.1 Å². The molecule has 1 aliphatic heterocycles. The average Bonchev–Trinajstić information content (AvgIpc) is 3.31. The SMILES string of the molecule is COc1ccc2cc(-c3ccc4c(C5CCC(=O)NC5=O)coc4c3)[nH]c2c1. The third-order valence-electron chi connectivity index (χ3n) is 5.36. The van der Waals surface area contributed by atoms with Crippen LogP contribution in [-0.2, 0) is 9.59 Å². The fourth-order valence-corrected chi connectivity index (χ4v) is 3.87. The zero-order chi connectivity index (χ0) is 19.3. The van der Waals surface area contributed by atoms with Gasteiger partial charge in [0.25, 0.3) is 0 Å². The number of amides is 2. The Balaban J connectivity index is 1.53. The van der Waals surface area contributed by atoms with Crippen molar-refractivity contribution in [3.8, 4) is 17.0 Å². The molecule has 28 heavy (non-hydrogen) atoms. The zero-order valence-electron chi connectivity index (χ0n) is 15.2. The number of piperidine rings is 1. The molecule has 1 atom stereocenters. The molecule has 1 saturated heterocycles. The maximum Gasteiger partial charge on any atom is 0.234 e. The summed E-state index contributed by atoms with van der Waals surface area (Å²) in [5, 5.41) is 4.40. The Morgan fingerprint density at radius 1 is 1.11 bits per heavy atom. The number of hydrogen-bond donors (Lipinski definition) is 2. The quantitative estimate of drug-likeness (QED) is 0.529. The minimum Gasteiger partial charge on any atom is -0.497 e. The lowest BCUT2D eigenvalue weighted by atomic mass is 9.90. The smallest absolute Gasteiger partial charge is 0.234 e. The van der Waals surface area contributed by atoms with Crippen molar-refractivity contribution in [1.82, 2.24) is 10.3 Å². The third-order valence-corrected chi connectivity index (χ3v) is 5.36. The summed E-state index contributed by atoms with van der Waals surface area (Å²) in [6.45, 7) is 0. The van der Waals surface area contributed by atoms with Crippen molar-refractivity contribution in [3.05, 3.63) is 54.3 Å². The summed E-state index contributed by atoms with van der Waals surface area (Å²) in [4.78, 5) is 27.0. The van der Waals surface area contributed by atoms with Crippen molar-refractivity contribution in [3.63, 3.8) is 0 Å². The van der Waals surface area contributed by atoms with E-state index in [1.165, 1.54) is 0 Å². The molecular formula is C22H18N2O4. The maximum atomic E-state index is 12.2. The number of carbonyl (C=O) groups excluding carboxylic acids is 2. The van der Waals surface area contributed by atoms with E-state index in [1.807, 2.05) is 36.4 Å². The van der Waals surface area contributed by atoms with Gasteiger partial charge in [0, 0.05) is 45.6 Å². The first-order valence-electron chi connectivity index (χ1n) is 9.14. The number of fused-ring (bicyclic) bond motifs is 2. The van der Waals surface area contributed by atoms with Gasteiger partial charge in [0.1, 0.15) is 11.3 Å². The number of carbonyl (C=O) groups is 2. The van der Waals surface area contributed by atoms with Crippen molar-refractivity contribution < 1.29 is 18.7 Å². The molecule has 0 radical (unpaired) electrons. The first-order valence-corrected chi connectivity index (χ1v) is 9.14. The van der Waals surface area contributed by atoms with E-state index in [0.29, 0.717) is 18.4 Å². The number of H-pyrrole nitrogens is 1. The Morgan fingerprint density at radius 2 is 2.00 bits per heavy atom. The summed E-state index contributed by atoms with van der Waals surface area (Å²) >= 11 is 0. The number of aromatic amines is 1. The van der Waals surface area contributed by atoms with Gasteiger partial charge in [-0.3, -0.25) is 14.9 Å². The highest BCUT2D eigenvalue weighted by Crippen LogP contribution is 2.35. The Hall–Kier alpha value is -3.54. The van der Waals surface area contributed by atoms with E-state index in [2.05, 4.69) is 16.4 Å². The van der Waals surface area contributed by atoms with Crippen molar-refractivity contribution in [2.75, 3.05) is 7.11 Å². The highest BCUT2D eigenvalue weighted by molar-refractivity contribution is 6.03. The Morgan fingerprint density at radius 3 is 2.82 bits per heavy atom. The summed E-state index contributed by atoms with van der Waals surface area (Å²) in [6, 6.07) is 13.9. The predicted octanol–water partition coefficient (Wildman–Crippen LogP) is 4.11. The van der Waals surface area contributed by atoms with Crippen LogP contribution in [0.1, 0.15) is 24.3 Å². The average molecular weight is 374 g/mol. The lowest BCUT2D eigenvalue weighted by Gasteiger charge is -2.19. The van der Waals surface area contributed by atoms with Crippen LogP contribution in [0.5, 0.6) is 5.75 Å². The van der Waals surface area contributed by atoms with E-state index in [-0.39, 0.29) is 17.7 Å². The van der Waals surface area contributed by atoms with Crippen LogP contribution in [-0.4, -0.2) is 23.9 Å². The Kier molecular flexibility index (Phi) is 3.72. The number of hydrogen-bond acceptors (Lipinski definition) is 4. The molecule has 6 nitrogen and oxygen atoms in total. The number of furan rings is 1. The second-order valence-electron chi connectivity index (χ2n) is 7.04. The van der Waals surface area contributed by atoms with Crippen LogP contribution in [0.2, 0.25) is 0 Å². The van der Waals surface area contributed by atoms with Gasteiger partial charge >= 0.3 is 0 Å². The summed E-state index contributed by atoms with van der Waals surface area (Å²) in [5.41, 5.74) is 4.51. The first-order chi connectivity index (χ1) is 13.6. The topological polar surface area (TPSA) is 84.3 Å². The lowest BCUT2D eigenvalue weighted by Crippen LogP contribution is -2.39. The van der Waals surface area contributed by atoms with Gasteiger partial charge in [0.15, 0.2) is 0 Å². The van der Waals surface area contributed by atoms with Gasteiger partial charge in [-0.15, -0.1) is 0 Å². The molecule has 2 N–H and O–H groups in total. The van der Waals surface area contributed by atoms with Crippen LogP contribution >= 0.6 is 0 Å². The molecule has 140 valence electrons. The van der Waals surface area contributed by atoms with Gasteiger partial charge in [-0.2, -0.15) is 0 Å².